The molecule has 0 atom stereocenters. The van der Waals surface area contributed by atoms with E-state index in [2.05, 4.69) is 0 Å². The minimum atomic E-state index is -0.529. The SMILES string of the molecule is Cc1ccc(Oc2ccc(CO)cc2F)c(Cl)c1. The van der Waals surface area contributed by atoms with E-state index in [-0.39, 0.29) is 12.4 Å². The minimum absolute atomic E-state index is 0.0814. The quantitative estimate of drug-likeness (QED) is 0.907. The topological polar surface area (TPSA) is 29.5 Å². The zero-order valence-electron chi connectivity index (χ0n) is 9.78. The van der Waals surface area contributed by atoms with Crippen LogP contribution >= 0.6 is 11.6 Å². The molecule has 2 aromatic carbocycles. The molecule has 1 N–H and O–H groups in total. The van der Waals surface area contributed by atoms with Gasteiger partial charge in [0.2, 0.25) is 0 Å². The lowest BCUT2D eigenvalue weighted by Gasteiger charge is -2.09. The molecule has 0 aliphatic carbocycles. The summed E-state index contributed by atoms with van der Waals surface area (Å²) in [6, 6.07) is 9.57. The molecule has 0 aromatic heterocycles. The number of aryl methyl sites for hydroxylation is 1. The third-order valence-corrected chi connectivity index (χ3v) is 2.78. The monoisotopic (exact) mass is 266 g/mol. The molecule has 2 nitrogen and oxygen atoms in total. The fraction of sp³-hybridized carbons (Fsp3) is 0.143. The van der Waals surface area contributed by atoms with Gasteiger partial charge in [0.25, 0.3) is 0 Å². The summed E-state index contributed by atoms with van der Waals surface area (Å²) in [5, 5.41) is 9.32. The second-order valence-corrected chi connectivity index (χ2v) is 4.37. The van der Waals surface area contributed by atoms with Crippen LogP contribution in [0.3, 0.4) is 0 Å². The molecule has 0 radical (unpaired) electrons. The maximum Gasteiger partial charge on any atom is 0.166 e. The summed E-state index contributed by atoms with van der Waals surface area (Å²) < 4.78 is 19.1. The van der Waals surface area contributed by atoms with Gasteiger partial charge >= 0.3 is 0 Å². The highest BCUT2D eigenvalue weighted by atomic mass is 35.5. The highest BCUT2D eigenvalue weighted by molar-refractivity contribution is 6.32. The molecular formula is C14H12ClFO2. The Balaban J connectivity index is 2.28. The fourth-order valence-electron chi connectivity index (χ4n) is 1.53. The van der Waals surface area contributed by atoms with Crippen molar-refractivity contribution in [1.82, 2.24) is 0 Å². The van der Waals surface area contributed by atoms with Gasteiger partial charge in [-0.1, -0.05) is 23.7 Å². The number of halogens is 2. The van der Waals surface area contributed by atoms with Gasteiger partial charge in [0, 0.05) is 0 Å². The Bertz CT molecular complexity index is 570. The molecule has 0 fully saturated rings. The fourth-order valence-corrected chi connectivity index (χ4v) is 1.81. The molecule has 4 heteroatoms. The highest BCUT2D eigenvalue weighted by Crippen LogP contribution is 2.31. The van der Waals surface area contributed by atoms with Crippen molar-refractivity contribution in [2.24, 2.45) is 0 Å². The van der Waals surface area contributed by atoms with Crippen molar-refractivity contribution in [3.63, 3.8) is 0 Å². The van der Waals surface area contributed by atoms with Crippen LogP contribution in [0.2, 0.25) is 5.02 Å². The Morgan fingerprint density at radius 1 is 1.17 bits per heavy atom. The van der Waals surface area contributed by atoms with Gasteiger partial charge in [-0.3, -0.25) is 0 Å². The minimum Gasteiger partial charge on any atom is -0.453 e. The van der Waals surface area contributed by atoms with Crippen LogP contribution < -0.4 is 4.74 Å². The Kier molecular flexibility index (Phi) is 3.84. The summed E-state index contributed by atoms with van der Waals surface area (Å²) in [6.45, 7) is 1.70. The van der Waals surface area contributed by atoms with Crippen LogP contribution in [-0.4, -0.2) is 5.11 Å². The van der Waals surface area contributed by atoms with Crippen molar-refractivity contribution in [3.8, 4) is 11.5 Å². The molecule has 0 spiro atoms. The predicted molar refractivity (Wildman–Crippen MR) is 68.6 cm³/mol. The lowest BCUT2D eigenvalue weighted by molar-refractivity contribution is 0.281. The average Bonchev–Trinajstić information content (AvgIpc) is 2.34. The Labute approximate surface area is 110 Å². The highest BCUT2D eigenvalue weighted by Gasteiger charge is 2.08. The van der Waals surface area contributed by atoms with Crippen molar-refractivity contribution in [3.05, 3.63) is 58.4 Å². The number of hydrogen-bond donors (Lipinski definition) is 1. The molecule has 2 rings (SSSR count). The first-order chi connectivity index (χ1) is 8.60. The second kappa shape index (κ2) is 5.38. The van der Waals surface area contributed by atoms with Gasteiger partial charge in [-0.15, -0.1) is 0 Å². The van der Waals surface area contributed by atoms with Crippen molar-refractivity contribution in [2.45, 2.75) is 13.5 Å². The van der Waals surface area contributed by atoms with Crippen molar-refractivity contribution >= 4 is 11.6 Å². The van der Waals surface area contributed by atoms with Crippen LogP contribution in [-0.2, 0) is 6.61 Å². The van der Waals surface area contributed by atoms with Crippen LogP contribution in [0.25, 0.3) is 0 Å². The molecule has 18 heavy (non-hydrogen) atoms. The third-order valence-electron chi connectivity index (χ3n) is 2.49. The molecule has 94 valence electrons. The summed E-state index contributed by atoms with van der Waals surface area (Å²) >= 11 is 6.00. The van der Waals surface area contributed by atoms with Crippen LogP contribution in [0, 0.1) is 12.7 Å². The number of benzene rings is 2. The van der Waals surface area contributed by atoms with Crippen LogP contribution in [0.1, 0.15) is 11.1 Å². The van der Waals surface area contributed by atoms with E-state index >= 15 is 0 Å². The molecule has 0 bridgehead atoms. The standard InChI is InChI=1S/C14H12ClFO2/c1-9-2-4-13(11(15)6-9)18-14-5-3-10(8-17)7-12(14)16/h2-7,17H,8H2,1H3. The van der Waals surface area contributed by atoms with Gasteiger partial charge < -0.3 is 9.84 Å². The zero-order valence-corrected chi connectivity index (χ0v) is 10.5. The van der Waals surface area contributed by atoms with E-state index in [0.717, 1.165) is 5.56 Å². The number of aliphatic hydroxyl groups is 1. The third kappa shape index (κ3) is 2.81. The van der Waals surface area contributed by atoms with Gasteiger partial charge in [-0.05, 0) is 42.3 Å². The van der Waals surface area contributed by atoms with E-state index in [1.54, 1.807) is 18.2 Å². The maximum absolute atomic E-state index is 13.7. The number of hydrogen-bond acceptors (Lipinski definition) is 2. The van der Waals surface area contributed by atoms with E-state index in [9.17, 15) is 4.39 Å². The van der Waals surface area contributed by atoms with Crippen LogP contribution in [0.15, 0.2) is 36.4 Å². The Hall–Kier alpha value is -1.58. The summed E-state index contributed by atoms with van der Waals surface area (Å²) in [7, 11) is 0. The largest absolute Gasteiger partial charge is 0.453 e. The number of rotatable bonds is 3. The van der Waals surface area contributed by atoms with E-state index in [1.807, 2.05) is 13.0 Å². The van der Waals surface area contributed by atoms with Crippen molar-refractivity contribution in [1.29, 1.82) is 0 Å². The van der Waals surface area contributed by atoms with Gasteiger partial charge in [-0.2, -0.15) is 0 Å². The van der Waals surface area contributed by atoms with Crippen molar-refractivity contribution in [2.75, 3.05) is 0 Å². The number of aliphatic hydroxyl groups excluding tert-OH is 1. The average molecular weight is 267 g/mol. The lowest BCUT2D eigenvalue weighted by atomic mass is 10.2. The van der Waals surface area contributed by atoms with E-state index < -0.39 is 5.82 Å². The molecule has 0 heterocycles. The molecule has 0 amide bonds. The molecule has 0 saturated carbocycles. The second-order valence-electron chi connectivity index (χ2n) is 3.96. The summed E-state index contributed by atoms with van der Waals surface area (Å²) in [5.74, 6) is -0.0472. The first-order valence-corrected chi connectivity index (χ1v) is 5.81. The molecule has 0 aliphatic heterocycles. The molecule has 0 unspecified atom stereocenters. The first kappa shape index (κ1) is 12.9. The smallest absolute Gasteiger partial charge is 0.166 e. The van der Waals surface area contributed by atoms with E-state index in [4.69, 9.17) is 21.4 Å². The van der Waals surface area contributed by atoms with Gasteiger partial charge in [0.05, 0.1) is 11.6 Å². The van der Waals surface area contributed by atoms with Gasteiger partial charge in [0.1, 0.15) is 5.75 Å². The molecule has 0 saturated heterocycles. The lowest BCUT2D eigenvalue weighted by Crippen LogP contribution is -1.92. The van der Waals surface area contributed by atoms with Crippen LogP contribution in [0.4, 0.5) is 4.39 Å². The van der Waals surface area contributed by atoms with Gasteiger partial charge in [0.15, 0.2) is 11.6 Å². The number of ether oxygens (including phenoxy) is 1. The van der Waals surface area contributed by atoms with E-state index in [1.165, 1.54) is 12.1 Å². The van der Waals surface area contributed by atoms with E-state index in [0.29, 0.717) is 16.3 Å². The van der Waals surface area contributed by atoms with Crippen LogP contribution in [0.5, 0.6) is 11.5 Å². The maximum atomic E-state index is 13.7. The summed E-state index contributed by atoms with van der Waals surface area (Å²) in [4.78, 5) is 0. The Morgan fingerprint density at radius 2 is 1.89 bits per heavy atom. The zero-order chi connectivity index (χ0) is 13.1. The summed E-state index contributed by atoms with van der Waals surface area (Å²) in [6.07, 6.45) is 0. The van der Waals surface area contributed by atoms with Crippen molar-refractivity contribution < 1.29 is 14.2 Å². The molecule has 2 aromatic rings. The Morgan fingerprint density at radius 3 is 2.50 bits per heavy atom. The summed E-state index contributed by atoms with van der Waals surface area (Å²) in [5.41, 5.74) is 1.50. The normalized spacial score (nSPS) is 10.4. The molecular weight excluding hydrogens is 255 g/mol. The van der Waals surface area contributed by atoms with Gasteiger partial charge in [-0.25, -0.2) is 4.39 Å². The first-order valence-electron chi connectivity index (χ1n) is 5.43. The molecule has 0 aliphatic rings. The predicted octanol–water partition coefficient (Wildman–Crippen LogP) is 4.07.